The monoisotopic (exact) mass is 344 g/mol. The normalized spacial score (nSPS) is 15.2. The summed E-state index contributed by atoms with van der Waals surface area (Å²) in [4.78, 5) is 12.0. The van der Waals surface area contributed by atoms with Crippen molar-refractivity contribution in [1.82, 2.24) is 20.1 Å². The van der Waals surface area contributed by atoms with Gasteiger partial charge in [0, 0.05) is 12.0 Å². The molecule has 128 valence electrons. The van der Waals surface area contributed by atoms with Crippen molar-refractivity contribution >= 4 is 17.7 Å². The maximum absolute atomic E-state index is 12.0. The van der Waals surface area contributed by atoms with Gasteiger partial charge in [0.1, 0.15) is 5.82 Å². The number of amides is 1. The molecular formula is C18H24N4OS. The molecule has 2 aromatic rings. The van der Waals surface area contributed by atoms with Gasteiger partial charge in [0.15, 0.2) is 5.16 Å². The molecule has 5 nitrogen and oxygen atoms in total. The summed E-state index contributed by atoms with van der Waals surface area (Å²) in [6.07, 6.45) is 3.31. The lowest BCUT2D eigenvalue weighted by Crippen LogP contribution is -2.33. The predicted molar refractivity (Wildman–Crippen MR) is 96.2 cm³/mol. The molecule has 6 heteroatoms. The van der Waals surface area contributed by atoms with Crippen LogP contribution >= 0.6 is 11.8 Å². The van der Waals surface area contributed by atoms with Crippen LogP contribution in [-0.2, 0) is 11.3 Å². The highest BCUT2D eigenvalue weighted by Crippen LogP contribution is 2.40. The van der Waals surface area contributed by atoms with Gasteiger partial charge in [-0.3, -0.25) is 4.79 Å². The number of nitrogens with one attached hydrogen (secondary N) is 1. The second-order valence-corrected chi connectivity index (χ2v) is 7.29. The number of hydrogen-bond donors (Lipinski definition) is 1. The summed E-state index contributed by atoms with van der Waals surface area (Å²) in [5, 5.41) is 12.6. The summed E-state index contributed by atoms with van der Waals surface area (Å²) < 4.78 is 2.17. The molecule has 1 aliphatic carbocycles. The van der Waals surface area contributed by atoms with Crippen LogP contribution in [0.2, 0.25) is 0 Å². The Hall–Kier alpha value is -1.82. The number of nitrogens with zero attached hydrogens (tertiary/aromatic N) is 3. The third-order valence-electron chi connectivity index (χ3n) is 4.22. The number of rotatable bonds is 8. The van der Waals surface area contributed by atoms with E-state index in [4.69, 9.17) is 0 Å². The van der Waals surface area contributed by atoms with E-state index >= 15 is 0 Å². The topological polar surface area (TPSA) is 59.8 Å². The summed E-state index contributed by atoms with van der Waals surface area (Å²) in [6, 6.07) is 10.5. The Morgan fingerprint density at radius 3 is 2.75 bits per heavy atom. The lowest BCUT2D eigenvalue weighted by molar-refractivity contribution is -0.119. The molecule has 1 aromatic heterocycles. The fourth-order valence-corrected chi connectivity index (χ4v) is 3.27. The van der Waals surface area contributed by atoms with Crippen LogP contribution in [0.25, 0.3) is 0 Å². The largest absolute Gasteiger partial charge is 0.353 e. The number of carbonyl (C=O) groups is 1. The van der Waals surface area contributed by atoms with E-state index in [0.29, 0.717) is 11.7 Å². The molecule has 0 unspecified atom stereocenters. The first-order valence-electron chi connectivity index (χ1n) is 8.56. The van der Waals surface area contributed by atoms with E-state index < -0.39 is 0 Å². The van der Waals surface area contributed by atoms with Gasteiger partial charge in [0.05, 0.1) is 12.3 Å². The number of benzene rings is 1. The minimum atomic E-state index is 0.0524. The third-order valence-corrected chi connectivity index (χ3v) is 5.19. The van der Waals surface area contributed by atoms with Crippen LogP contribution in [0.1, 0.15) is 50.4 Å². The molecule has 1 N–H and O–H groups in total. The SMILES string of the molecule is CC[C@@H](C)NC(=O)CSc1nnc(C2CC2)n1Cc1ccccc1. The molecule has 1 aromatic carbocycles. The fraction of sp³-hybridized carbons (Fsp3) is 0.500. The minimum Gasteiger partial charge on any atom is -0.353 e. The van der Waals surface area contributed by atoms with E-state index in [9.17, 15) is 4.79 Å². The van der Waals surface area contributed by atoms with E-state index in [1.807, 2.05) is 25.1 Å². The smallest absolute Gasteiger partial charge is 0.230 e. The first kappa shape index (κ1) is 17.0. The zero-order valence-electron chi connectivity index (χ0n) is 14.2. The van der Waals surface area contributed by atoms with Gasteiger partial charge in [0.25, 0.3) is 0 Å². The molecule has 1 heterocycles. The van der Waals surface area contributed by atoms with E-state index in [-0.39, 0.29) is 11.9 Å². The predicted octanol–water partition coefficient (Wildman–Crippen LogP) is 3.21. The van der Waals surface area contributed by atoms with Crippen molar-refractivity contribution < 1.29 is 4.79 Å². The quantitative estimate of drug-likeness (QED) is 0.747. The number of carbonyl (C=O) groups excluding carboxylic acids is 1. The fourth-order valence-electron chi connectivity index (χ4n) is 2.51. The minimum absolute atomic E-state index is 0.0524. The first-order chi connectivity index (χ1) is 11.7. The molecule has 3 rings (SSSR count). The zero-order valence-corrected chi connectivity index (χ0v) is 15.1. The van der Waals surface area contributed by atoms with Gasteiger partial charge < -0.3 is 9.88 Å². The Morgan fingerprint density at radius 1 is 1.33 bits per heavy atom. The van der Waals surface area contributed by atoms with Gasteiger partial charge >= 0.3 is 0 Å². The highest BCUT2D eigenvalue weighted by molar-refractivity contribution is 7.99. The molecule has 0 aliphatic heterocycles. The van der Waals surface area contributed by atoms with E-state index in [2.05, 4.69) is 39.1 Å². The lowest BCUT2D eigenvalue weighted by Gasteiger charge is -2.12. The Morgan fingerprint density at radius 2 is 2.08 bits per heavy atom. The van der Waals surface area contributed by atoms with Crippen LogP contribution in [0.3, 0.4) is 0 Å². The van der Waals surface area contributed by atoms with Crippen molar-refractivity contribution in [2.45, 2.75) is 56.8 Å². The molecule has 1 fully saturated rings. The van der Waals surface area contributed by atoms with Gasteiger partial charge in [0.2, 0.25) is 5.91 Å². The molecule has 1 atom stereocenters. The van der Waals surface area contributed by atoms with Crippen molar-refractivity contribution in [3.8, 4) is 0 Å². The highest BCUT2D eigenvalue weighted by Gasteiger charge is 2.30. The van der Waals surface area contributed by atoms with Crippen molar-refractivity contribution in [1.29, 1.82) is 0 Å². The standard InChI is InChI=1S/C18H24N4OS/c1-3-13(2)19-16(23)12-24-18-21-20-17(15-9-10-15)22(18)11-14-7-5-4-6-8-14/h4-8,13,15H,3,9-12H2,1-2H3,(H,19,23)/t13-/m1/s1. The summed E-state index contributed by atoms with van der Waals surface area (Å²) in [6.45, 7) is 4.84. The Bertz CT molecular complexity index is 682. The lowest BCUT2D eigenvalue weighted by atomic mass is 10.2. The Kier molecular flexibility index (Phi) is 5.56. The van der Waals surface area contributed by atoms with Gasteiger partial charge in [-0.2, -0.15) is 0 Å². The molecule has 0 bridgehead atoms. The molecule has 1 aliphatic rings. The van der Waals surface area contributed by atoms with E-state index in [1.54, 1.807) is 0 Å². The second kappa shape index (κ2) is 7.83. The van der Waals surface area contributed by atoms with Crippen LogP contribution in [0.15, 0.2) is 35.5 Å². The maximum atomic E-state index is 12.0. The first-order valence-corrected chi connectivity index (χ1v) is 9.55. The summed E-state index contributed by atoms with van der Waals surface area (Å²) in [5.74, 6) is 2.02. The second-order valence-electron chi connectivity index (χ2n) is 6.35. The average molecular weight is 344 g/mol. The van der Waals surface area contributed by atoms with Crippen LogP contribution in [-0.4, -0.2) is 32.5 Å². The maximum Gasteiger partial charge on any atom is 0.230 e. The van der Waals surface area contributed by atoms with Gasteiger partial charge in [-0.1, -0.05) is 49.0 Å². The van der Waals surface area contributed by atoms with Crippen molar-refractivity contribution in [3.05, 3.63) is 41.7 Å². The average Bonchev–Trinajstić information content (AvgIpc) is 3.36. The molecule has 1 amide bonds. The number of aromatic nitrogens is 3. The van der Waals surface area contributed by atoms with Crippen LogP contribution < -0.4 is 5.32 Å². The number of thioether (sulfide) groups is 1. The molecular weight excluding hydrogens is 320 g/mol. The van der Waals surface area contributed by atoms with E-state index in [0.717, 1.165) is 23.9 Å². The molecule has 0 spiro atoms. The Balaban J connectivity index is 1.70. The van der Waals surface area contributed by atoms with Crippen molar-refractivity contribution in [2.75, 3.05) is 5.75 Å². The summed E-state index contributed by atoms with van der Waals surface area (Å²) in [7, 11) is 0. The molecule has 0 saturated heterocycles. The van der Waals surface area contributed by atoms with E-state index in [1.165, 1.54) is 30.2 Å². The van der Waals surface area contributed by atoms with Crippen molar-refractivity contribution in [3.63, 3.8) is 0 Å². The molecule has 24 heavy (non-hydrogen) atoms. The Labute approximate surface area is 147 Å². The van der Waals surface area contributed by atoms with Crippen LogP contribution in [0, 0.1) is 0 Å². The molecule has 0 radical (unpaired) electrons. The van der Waals surface area contributed by atoms with Gasteiger partial charge in [-0.25, -0.2) is 0 Å². The van der Waals surface area contributed by atoms with Gasteiger partial charge in [-0.05, 0) is 31.7 Å². The summed E-state index contributed by atoms with van der Waals surface area (Å²) >= 11 is 1.47. The zero-order chi connectivity index (χ0) is 16.9. The third kappa shape index (κ3) is 4.38. The van der Waals surface area contributed by atoms with Gasteiger partial charge in [-0.15, -0.1) is 10.2 Å². The summed E-state index contributed by atoms with van der Waals surface area (Å²) in [5.41, 5.74) is 1.23. The number of hydrogen-bond acceptors (Lipinski definition) is 4. The molecule has 1 saturated carbocycles. The highest BCUT2D eigenvalue weighted by atomic mass is 32.2. The van der Waals surface area contributed by atoms with Crippen LogP contribution in [0.5, 0.6) is 0 Å². The van der Waals surface area contributed by atoms with Crippen LogP contribution in [0.4, 0.5) is 0 Å². The van der Waals surface area contributed by atoms with Crippen molar-refractivity contribution in [2.24, 2.45) is 0 Å².